The summed E-state index contributed by atoms with van der Waals surface area (Å²) in [5.41, 5.74) is 2.71. The molecule has 0 saturated carbocycles. The van der Waals surface area contributed by atoms with Gasteiger partial charge in [0.1, 0.15) is 17.6 Å². The van der Waals surface area contributed by atoms with Gasteiger partial charge in [-0.3, -0.25) is 4.79 Å². The molecule has 3 rings (SSSR count). The molecule has 0 atom stereocenters. The normalized spacial score (nSPS) is 11.4. The minimum Gasteiger partial charge on any atom is -0.500 e. The molecule has 0 N–H and O–H groups in total. The van der Waals surface area contributed by atoms with Crippen LogP contribution in [-0.4, -0.2) is 32.0 Å². The predicted octanol–water partition coefficient (Wildman–Crippen LogP) is 3.72. The molecule has 0 aliphatic carbocycles. The summed E-state index contributed by atoms with van der Waals surface area (Å²) in [6.07, 6.45) is 1.23. The van der Waals surface area contributed by atoms with Gasteiger partial charge in [0.2, 0.25) is 5.76 Å². The molecule has 1 aromatic heterocycles. The zero-order valence-electron chi connectivity index (χ0n) is 16.2. The topological polar surface area (TPSA) is 69.0 Å². The smallest absolute Gasteiger partial charge is 0.336 e. The third-order valence-electron chi connectivity index (χ3n) is 4.22. The fraction of sp³-hybridized carbons (Fsp3) is 0.182. The Hall–Kier alpha value is -3.54. The van der Waals surface area contributed by atoms with E-state index in [9.17, 15) is 9.59 Å². The van der Waals surface area contributed by atoms with E-state index in [1.165, 1.54) is 24.3 Å². The van der Waals surface area contributed by atoms with Crippen LogP contribution in [0.25, 0.3) is 22.1 Å². The quantitative estimate of drug-likeness (QED) is 0.384. The number of rotatable bonds is 5. The Morgan fingerprint density at radius 3 is 2.50 bits per heavy atom. The van der Waals surface area contributed by atoms with Gasteiger partial charge in [-0.15, -0.1) is 0 Å². The van der Waals surface area contributed by atoms with Crippen molar-refractivity contribution < 1.29 is 18.7 Å². The number of methoxy groups -OCH3 is 1. The molecule has 0 aliphatic heterocycles. The number of carbonyl (C=O) groups excluding carboxylic acids is 1. The van der Waals surface area contributed by atoms with Gasteiger partial charge in [-0.05, 0) is 30.2 Å². The number of amides is 1. The van der Waals surface area contributed by atoms with E-state index in [1.807, 2.05) is 31.2 Å². The first-order valence-electron chi connectivity index (χ1n) is 8.67. The largest absolute Gasteiger partial charge is 0.500 e. The lowest BCUT2D eigenvalue weighted by atomic mass is 9.98. The zero-order chi connectivity index (χ0) is 20.3. The number of aryl methyl sites for hydroxylation is 1. The molecule has 0 fully saturated rings. The van der Waals surface area contributed by atoms with Crippen LogP contribution in [0, 0.1) is 6.92 Å². The van der Waals surface area contributed by atoms with Gasteiger partial charge in [-0.1, -0.05) is 24.3 Å². The van der Waals surface area contributed by atoms with E-state index < -0.39 is 5.63 Å². The van der Waals surface area contributed by atoms with Gasteiger partial charge in [0.05, 0.1) is 7.11 Å². The zero-order valence-corrected chi connectivity index (χ0v) is 16.2. The Morgan fingerprint density at radius 2 is 1.82 bits per heavy atom. The van der Waals surface area contributed by atoms with Gasteiger partial charge in [0, 0.05) is 37.2 Å². The number of likely N-dealkylation sites (N-methyl/N-ethyl adjacent to an activating group) is 1. The second-order valence-corrected chi connectivity index (χ2v) is 6.47. The Bertz CT molecular complexity index is 1110. The van der Waals surface area contributed by atoms with E-state index in [-0.39, 0.29) is 11.7 Å². The third kappa shape index (κ3) is 3.91. The predicted molar refractivity (Wildman–Crippen MR) is 107 cm³/mol. The maximum Gasteiger partial charge on any atom is 0.336 e. The Morgan fingerprint density at radius 1 is 1.07 bits per heavy atom. The molecule has 28 heavy (non-hydrogen) atoms. The molecule has 6 heteroatoms. The SMILES string of the molecule is CO/C=C(/Oc1ccc2c(-c3ccccc3C)cc(=O)oc2c1)C(=O)N(C)C. The van der Waals surface area contributed by atoms with Crippen LogP contribution in [0.2, 0.25) is 0 Å². The van der Waals surface area contributed by atoms with Crippen LogP contribution in [0.5, 0.6) is 5.75 Å². The van der Waals surface area contributed by atoms with Crippen molar-refractivity contribution in [1.29, 1.82) is 0 Å². The van der Waals surface area contributed by atoms with Crippen LogP contribution >= 0.6 is 0 Å². The average molecular weight is 379 g/mol. The van der Waals surface area contributed by atoms with Gasteiger partial charge < -0.3 is 18.8 Å². The molecule has 2 aromatic carbocycles. The maximum atomic E-state index is 12.2. The Labute approximate surface area is 162 Å². The van der Waals surface area contributed by atoms with E-state index in [0.29, 0.717) is 11.3 Å². The summed E-state index contributed by atoms with van der Waals surface area (Å²) in [5, 5.41) is 0.775. The summed E-state index contributed by atoms with van der Waals surface area (Å²) < 4.78 is 16.0. The van der Waals surface area contributed by atoms with E-state index >= 15 is 0 Å². The van der Waals surface area contributed by atoms with Crippen molar-refractivity contribution in [2.45, 2.75) is 6.92 Å². The molecule has 144 valence electrons. The number of hydrogen-bond acceptors (Lipinski definition) is 5. The van der Waals surface area contributed by atoms with Crippen molar-refractivity contribution in [3.05, 3.63) is 76.5 Å². The molecule has 1 heterocycles. The molecule has 6 nitrogen and oxygen atoms in total. The minimum atomic E-state index is -0.458. The van der Waals surface area contributed by atoms with Gasteiger partial charge in [-0.25, -0.2) is 4.79 Å². The third-order valence-corrected chi connectivity index (χ3v) is 4.22. The number of ether oxygens (including phenoxy) is 2. The molecular formula is C22H21NO5. The van der Waals surface area contributed by atoms with Gasteiger partial charge >= 0.3 is 5.63 Å². The van der Waals surface area contributed by atoms with Crippen LogP contribution in [-0.2, 0) is 9.53 Å². The highest BCUT2D eigenvalue weighted by Gasteiger charge is 2.16. The van der Waals surface area contributed by atoms with Crippen molar-refractivity contribution in [1.82, 2.24) is 4.90 Å². The Kier molecular flexibility index (Phi) is 5.49. The minimum absolute atomic E-state index is 0.0178. The summed E-state index contributed by atoms with van der Waals surface area (Å²) >= 11 is 0. The summed E-state index contributed by atoms with van der Waals surface area (Å²) in [7, 11) is 4.66. The average Bonchev–Trinajstić information content (AvgIpc) is 2.66. The summed E-state index contributed by atoms with van der Waals surface area (Å²) in [5.74, 6) is 0.0254. The summed E-state index contributed by atoms with van der Waals surface area (Å²) in [6.45, 7) is 1.99. The van der Waals surface area contributed by atoms with Gasteiger partial charge in [0.25, 0.3) is 5.91 Å². The molecule has 3 aromatic rings. The van der Waals surface area contributed by atoms with Crippen molar-refractivity contribution in [2.75, 3.05) is 21.2 Å². The van der Waals surface area contributed by atoms with Crippen LogP contribution in [0.15, 0.2) is 69.8 Å². The molecule has 0 bridgehead atoms. The number of benzene rings is 2. The molecule has 0 spiro atoms. The first-order chi connectivity index (χ1) is 13.4. The van der Waals surface area contributed by atoms with Crippen LogP contribution in [0.4, 0.5) is 0 Å². The number of fused-ring (bicyclic) bond motifs is 1. The van der Waals surface area contributed by atoms with Crippen LogP contribution in [0.3, 0.4) is 0 Å². The van der Waals surface area contributed by atoms with Gasteiger partial charge in [-0.2, -0.15) is 0 Å². The second kappa shape index (κ2) is 8.00. The van der Waals surface area contributed by atoms with Crippen LogP contribution in [0.1, 0.15) is 5.56 Å². The highest BCUT2D eigenvalue weighted by atomic mass is 16.5. The monoisotopic (exact) mass is 379 g/mol. The standard InChI is InChI=1S/C22H21NO5/c1-14-7-5-6-8-16(14)18-12-21(24)28-19-11-15(9-10-17(18)19)27-20(13-26-4)22(25)23(2)3/h5-13H,1-4H3/b20-13+. The lowest BCUT2D eigenvalue weighted by Crippen LogP contribution is -2.26. The fourth-order valence-corrected chi connectivity index (χ4v) is 2.88. The number of carbonyl (C=O) groups is 1. The molecule has 0 aliphatic rings. The van der Waals surface area contributed by atoms with Crippen molar-refractivity contribution in [3.8, 4) is 16.9 Å². The lowest BCUT2D eigenvalue weighted by Gasteiger charge is -2.14. The maximum absolute atomic E-state index is 12.2. The number of nitrogens with zero attached hydrogens (tertiary/aromatic N) is 1. The van der Waals surface area contributed by atoms with E-state index in [4.69, 9.17) is 13.9 Å². The lowest BCUT2D eigenvalue weighted by molar-refractivity contribution is -0.127. The molecule has 0 saturated heterocycles. The highest BCUT2D eigenvalue weighted by molar-refractivity contribution is 5.95. The highest BCUT2D eigenvalue weighted by Crippen LogP contribution is 2.31. The van der Waals surface area contributed by atoms with E-state index in [2.05, 4.69) is 0 Å². The van der Waals surface area contributed by atoms with Crippen molar-refractivity contribution >= 4 is 16.9 Å². The molecule has 0 unspecified atom stereocenters. The van der Waals surface area contributed by atoms with Gasteiger partial charge in [0.15, 0.2) is 0 Å². The summed E-state index contributed by atoms with van der Waals surface area (Å²) in [6, 6.07) is 14.4. The summed E-state index contributed by atoms with van der Waals surface area (Å²) in [4.78, 5) is 25.7. The molecule has 0 radical (unpaired) electrons. The van der Waals surface area contributed by atoms with Crippen molar-refractivity contribution in [2.24, 2.45) is 0 Å². The first-order valence-corrected chi connectivity index (χ1v) is 8.67. The fourth-order valence-electron chi connectivity index (χ4n) is 2.88. The van der Waals surface area contributed by atoms with Crippen LogP contribution < -0.4 is 10.4 Å². The molecular weight excluding hydrogens is 358 g/mol. The number of hydrogen-bond donors (Lipinski definition) is 0. The van der Waals surface area contributed by atoms with E-state index in [1.54, 1.807) is 32.3 Å². The Balaban J connectivity index is 2.08. The van der Waals surface area contributed by atoms with Crippen molar-refractivity contribution in [3.63, 3.8) is 0 Å². The van der Waals surface area contributed by atoms with E-state index in [0.717, 1.165) is 22.1 Å². The first kappa shape index (κ1) is 19.2. The molecule has 1 amide bonds. The second-order valence-electron chi connectivity index (χ2n) is 6.47.